The van der Waals surface area contributed by atoms with Crippen molar-refractivity contribution in [1.29, 1.82) is 0 Å². The molecule has 1 saturated heterocycles. The van der Waals surface area contributed by atoms with Gasteiger partial charge < -0.3 is 16.0 Å². The van der Waals surface area contributed by atoms with Crippen molar-refractivity contribution in [3.8, 4) is 0 Å². The number of likely N-dealkylation sites (tertiary alicyclic amines) is 1. The van der Waals surface area contributed by atoms with E-state index in [2.05, 4.69) is 56.2 Å². The fourth-order valence-electron chi connectivity index (χ4n) is 3.69. The largest absolute Gasteiger partial charge is 0.355 e. The highest BCUT2D eigenvalue weighted by Gasteiger charge is 2.24. The molecular formula is C23H30ClN5O. The zero-order valence-corrected chi connectivity index (χ0v) is 18.2. The molecule has 0 aliphatic carbocycles. The Bertz CT molecular complexity index is 842. The molecule has 1 unspecified atom stereocenters. The molecule has 1 atom stereocenters. The lowest BCUT2D eigenvalue weighted by atomic mass is 10.2. The van der Waals surface area contributed by atoms with Gasteiger partial charge in [0, 0.05) is 39.3 Å². The van der Waals surface area contributed by atoms with Gasteiger partial charge in [0.2, 0.25) is 0 Å². The van der Waals surface area contributed by atoms with Gasteiger partial charge in [-0.2, -0.15) is 0 Å². The van der Waals surface area contributed by atoms with Gasteiger partial charge in [-0.3, -0.25) is 14.7 Å². The molecule has 1 aliphatic rings. The van der Waals surface area contributed by atoms with Crippen LogP contribution in [-0.4, -0.2) is 56.0 Å². The van der Waals surface area contributed by atoms with Crippen LogP contribution >= 0.6 is 11.6 Å². The molecule has 2 aromatic carbocycles. The van der Waals surface area contributed by atoms with Crippen molar-refractivity contribution in [2.24, 2.45) is 4.99 Å². The molecule has 0 bridgehead atoms. The number of halogens is 1. The predicted molar refractivity (Wildman–Crippen MR) is 123 cm³/mol. The smallest absolute Gasteiger partial charge is 0.252 e. The number of carbonyl (C=O) groups is 1. The Morgan fingerprint density at radius 2 is 1.80 bits per heavy atom. The van der Waals surface area contributed by atoms with Gasteiger partial charge in [0.1, 0.15) is 0 Å². The first kappa shape index (κ1) is 22.1. The monoisotopic (exact) mass is 427 g/mol. The van der Waals surface area contributed by atoms with Gasteiger partial charge in [-0.15, -0.1) is 0 Å². The SMILES string of the molecule is CN=C(NCCNC(=O)c1ccccc1Cl)NCC1CCCN1Cc1ccccc1. The molecule has 0 saturated carbocycles. The van der Waals surface area contributed by atoms with E-state index >= 15 is 0 Å². The fraction of sp³-hybridized carbons (Fsp3) is 0.391. The Hall–Kier alpha value is -2.57. The number of hydrogen-bond donors (Lipinski definition) is 3. The van der Waals surface area contributed by atoms with Crippen molar-refractivity contribution in [3.05, 3.63) is 70.7 Å². The molecule has 1 aliphatic heterocycles. The van der Waals surface area contributed by atoms with E-state index in [9.17, 15) is 4.79 Å². The third-order valence-corrected chi connectivity index (χ3v) is 5.61. The van der Waals surface area contributed by atoms with Gasteiger partial charge in [0.15, 0.2) is 5.96 Å². The van der Waals surface area contributed by atoms with E-state index in [-0.39, 0.29) is 5.91 Å². The Labute approximate surface area is 183 Å². The molecule has 0 aromatic heterocycles. The number of nitrogens with one attached hydrogen (secondary N) is 3. The summed E-state index contributed by atoms with van der Waals surface area (Å²) in [4.78, 5) is 19.0. The van der Waals surface area contributed by atoms with Crippen molar-refractivity contribution < 1.29 is 4.79 Å². The van der Waals surface area contributed by atoms with E-state index in [1.807, 2.05) is 6.07 Å². The maximum Gasteiger partial charge on any atom is 0.252 e. The molecule has 1 fully saturated rings. The van der Waals surface area contributed by atoms with E-state index in [1.54, 1.807) is 25.2 Å². The standard InChI is InChI=1S/C23H30ClN5O/c1-25-23(27-14-13-26-22(30)20-11-5-6-12-21(20)24)28-16-19-10-7-15-29(19)17-18-8-3-2-4-9-18/h2-6,8-9,11-12,19H,7,10,13-17H2,1H3,(H,26,30)(H2,25,27,28). The summed E-state index contributed by atoms with van der Waals surface area (Å²) in [6.07, 6.45) is 2.41. The molecule has 2 aromatic rings. The molecular weight excluding hydrogens is 398 g/mol. The van der Waals surface area contributed by atoms with Crippen LogP contribution < -0.4 is 16.0 Å². The fourth-order valence-corrected chi connectivity index (χ4v) is 3.91. The van der Waals surface area contributed by atoms with E-state index < -0.39 is 0 Å². The van der Waals surface area contributed by atoms with Gasteiger partial charge in [-0.05, 0) is 37.1 Å². The molecule has 1 heterocycles. The van der Waals surface area contributed by atoms with Gasteiger partial charge in [0.25, 0.3) is 5.91 Å². The minimum absolute atomic E-state index is 0.173. The van der Waals surface area contributed by atoms with E-state index in [0.717, 1.165) is 25.6 Å². The molecule has 6 nitrogen and oxygen atoms in total. The zero-order valence-electron chi connectivity index (χ0n) is 17.4. The van der Waals surface area contributed by atoms with Crippen LogP contribution in [0.25, 0.3) is 0 Å². The number of guanidine groups is 1. The Balaban J connectivity index is 1.38. The summed E-state index contributed by atoms with van der Waals surface area (Å²) in [7, 11) is 1.76. The summed E-state index contributed by atoms with van der Waals surface area (Å²) < 4.78 is 0. The minimum atomic E-state index is -0.173. The number of amides is 1. The Kier molecular flexibility index (Phi) is 8.53. The second-order valence-electron chi connectivity index (χ2n) is 7.37. The van der Waals surface area contributed by atoms with Crippen molar-refractivity contribution in [1.82, 2.24) is 20.9 Å². The maximum atomic E-state index is 12.2. The van der Waals surface area contributed by atoms with Crippen molar-refractivity contribution in [2.45, 2.75) is 25.4 Å². The van der Waals surface area contributed by atoms with Crippen LogP contribution in [0, 0.1) is 0 Å². The molecule has 0 radical (unpaired) electrons. The van der Waals surface area contributed by atoms with Crippen LogP contribution in [0.5, 0.6) is 0 Å². The summed E-state index contributed by atoms with van der Waals surface area (Å²) in [5.41, 5.74) is 1.84. The Morgan fingerprint density at radius 3 is 2.57 bits per heavy atom. The number of benzene rings is 2. The molecule has 7 heteroatoms. The van der Waals surface area contributed by atoms with E-state index in [4.69, 9.17) is 11.6 Å². The van der Waals surface area contributed by atoms with Gasteiger partial charge in [0.05, 0.1) is 10.6 Å². The molecule has 1 amide bonds. The molecule has 160 valence electrons. The van der Waals surface area contributed by atoms with E-state index in [1.165, 1.54) is 18.4 Å². The number of aliphatic imine (C=N–C) groups is 1. The molecule has 0 spiro atoms. The number of hydrogen-bond acceptors (Lipinski definition) is 3. The van der Waals surface area contributed by atoms with Crippen LogP contribution in [-0.2, 0) is 6.54 Å². The zero-order chi connectivity index (χ0) is 21.2. The Morgan fingerprint density at radius 1 is 1.07 bits per heavy atom. The third kappa shape index (κ3) is 6.47. The van der Waals surface area contributed by atoms with E-state index in [0.29, 0.717) is 29.7 Å². The normalized spacial score (nSPS) is 17.0. The van der Waals surface area contributed by atoms with Crippen LogP contribution in [0.15, 0.2) is 59.6 Å². The average Bonchev–Trinajstić information content (AvgIpc) is 3.21. The second-order valence-corrected chi connectivity index (χ2v) is 7.77. The summed E-state index contributed by atoms with van der Waals surface area (Å²) in [5.74, 6) is 0.571. The van der Waals surface area contributed by atoms with Crippen LogP contribution in [0.1, 0.15) is 28.8 Å². The van der Waals surface area contributed by atoms with Crippen molar-refractivity contribution in [2.75, 3.05) is 33.2 Å². The minimum Gasteiger partial charge on any atom is -0.355 e. The highest BCUT2D eigenvalue weighted by molar-refractivity contribution is 6.33. The van der Waals surface area contributed by atoms with Crippen LogP contribution in [0.2, 0.25) is 5.02 Å². The number of carbonyl (C=O) groups excluding carboxylic acids is 1. The summed E-state index contributed by atoms with van der Waals surface area (Å²) >= 11 is 6.06. The average molecular weight is 428 g/mol. The maximum absolute atomic E-state index is 12.2. The summed E-state index contributed by atoms with van der Waals surface area (Å²) in [6, 6.07) is 18.1. The molecule has 30 heavy (non-hydrogen) atoms. The lowest BCUT2D eigenvalue weighted by molar-refractivity contribution is 0.0954. The summed E-state index contributed by atoms with van der Waals surface area (Å²) in [5, 5.41) is 10.0. The van der Waals surface area contributed by atoms with Crippen LogP contribution in [0.4, 0.5) is 0 Å². The third-order valence-electron chi connectivity index (χ3n) is 5.28. The van der Waals surface area contributed by atoms with Crippen LogP contribution in [0.3, 0.4) is 0 Å². The number of nitrogens with zero attached hydrogens (tertiary/aromatic N) is 2. The van der Waals surface area contributed by atoms with Crippen molar-refractivity contribution in [3.63, 3.8) is 0 Å². The first-order chi connectivity index (χ1) is 14.7. The number of rotatable bonds is 8. The van der Waals surface area contributed by atoms with Crippen molar-refractivity contribution >= 4 is 23.5 Å². The summed E-state index contributed by atoms with van der Waals surface area (Å²) in [6.45, 7) is 4.01. The van der Waals surface area contributed by atoms with Gasteiger partial charge in [-0.1, -0.05) is 54.1 Å². The van der Waals surface area contributed by atoms with Gasteiger partial charge in [-0.25, -0.2) is 0 Å². The highest BCUT2D eigenvalue weighted by Crippen LogP contribution is 2.19. The lowest BCUT2D eigenvalue weighted by Gasteiger charge is -2.25. The van der Waals surface area contributed by atoms with Gasteiger partial charge >= 0.3 is 0 Å². The molecule has 3 N–H and O–H groups in total. The first-order valence-electron chi connectivity index (χ1n) is 10.4. The topological polar surface area (TPSA) is 68.8 Å². The second kappa shape index (κ2) is 11.6. The molecule has 3 rings (SSSR count). The predicted octanol–water partition coefficient (Wildman–Crippen LogP) is 2.90. The highest BCUT2D eigenvalue weighted by atomic mass is 35.5. The lowest BCUT2D eigenvalue weighted by Crippen LogP contribution is -2.46. The quantitative estimate of drug-likeness (QED) is 0.344. The first-order valence-corrected chi connectivity index (χ1v) is 10.8.